The van der Waals surface area contributed by atoms with Crippen LogP contribution in [0.3, 0.4) is 0 Å². The van der Waals surface area contributed by atoms with Gasteiger partial charge in [-0.05, 0) is 49.1 Å². The molecule has 32 heavy (non-hydrogen) atoms. The molecular formula is C24H27FN4O3. The Morgan fingerprint density at radius 1 is 1.16 bits per heavy atom. The number of aromatic nitrogens is 3. The number of ether oxygens (including phenoxy) is 2. The van der Waals surface area contributed by atoms with Crippen molar-refractivity contribution < 1.29 is 18.7 Å². The molecule has 8 heteroatoms. The highest BCUT2D eigenvalue weighted by atomic mass is 19.1. The van der Waals surface area contributed by atoms with Crippen molar-refractivity contribution in [3.05, 3.63) is 65.9 Å². The SMILES string of the molecule is O=C(N1CCOC[C@@H](Cc2ccc3nccn3n2)C1)C1(c2cccc(F)c2)CCOCC1. The van der Waals surface area contributed by atoms with Crippen molar-refractivity contribution >= 4 is 11.6 Å². The van der Waals surface area contributed by atoms with Gasteiger partial charge < -0.3 is 14.4 Å². The number of fused-ring (bicyclic) bond motifs is 1. The van der Waals surface area contributed by atoms with E-state index in [4.69, 9.17) is 9.47 Å². The van der Waals surface area contributed by atoms with Gasteiger partial charge in [0.15, 0.2) is 5.65 Å². The molecular weight excluding hydrogens is 411 g/mol. The quantitative estimate of drug-likeness (QED) is 0.627. The van der Waals surface area contributed by atoms with Crippen LogP contribution in [0.4, 0.5) is 4.39 Å². The van der Waals surface area contributed by atoms with Crippen molar-refractivity contribution in [2.24, 2.45) is 5.92 Å². The van der Waals surface area contributed by atoms with Gasteiger partial charge in [-0.3, -0.25) is 4.79 Å². The first-order valence-corrected chi connectivity index (χ1v) is 11.1. The summed E-state index contributed by atoms with van der Waals surface area (Å²) in [7, 11) is 0. The molecule has 0 bridgehead atoms. The summed E-state index contributed by atoms with van der Waals surface area (Å²) in [5.74, 6) is -0.154. The Hall–Kier alpha value is -2.84. The molecule has 2 saturated heterocycles. The number of halogens is 1. The minimum atomic E-state index is -0.761. The lowest BCUT2D eigenvalue weighted by molar-refractivity contribution is -0.141. The number of nitrogens with zero attached hydrogens (tertiary/aromatic N) is 4. The molecule has 3 aromatic rings. The van der Waals surface area contributed by atoms with Gasteiger partial charge in [0, 0.05) is 44.6 Å². The first-order valence-electron chi connectivity index (χ1n) is 11.1. The van der Waals surface area contributed by atoms with E-state index in [2.05, 4.69) is 10.1 Å². The van der Waals surface area contributed by atoms with Crippen molar-refractivity contribution in [1.29, 1.82) is 0 Å². The van der Waals surface area contributed by atoms with Gasteiger partial charge in [0.2, 0.25) is 5.91 Å². The number of carbonyl (C=O) groups is 1. The molecule has 0 spiro atoms. The number of imidazole rings is 1. The van der Waals surface area contributed by atoms with E-state index in [-0.39, 0.29) is 17.6 Å². The minimum absolute atomic E-state index is 0.0416. The van der Waals surface area contributed by atoms with Crippen molar-refractivity contribution in [2.75, 3.05) is 39.5 Å². The third kappa shape index (κ3) is 4.12. The van der Waals surface area contributed by atoms with E-state index in [1.165, 1.54) is 12.1 Å². The fourth-order valence-electron chi connectivity index (χ4n) is 4.88. The Kier molecular flexibility index (Phi) is 5.89. The fraction of sp³-hybridized carbons (Fsp3) is 0.458. The molecule has 2 aromatic heterocycles. The molecule has 0 aliphatic carbocycles. The topological polar surface area (TPSA) is 69.0 Å². The van der Waals surface area contributed by atoms with Crippen LogP contribution in [0, 0.1) is 11.7 Å². The predicted molar refractivity (Wildman–Crippen MR) is 116 cm³/mol. The molecule has 168 valence electrons. The van der Waals surface area contributed by atoms with Crippen LogP contribution in [-0.4, -0.2) is 64.9 Å². The summed E-state index contributed by atoms with van der Waals surface area (Å²) >= 11 is 0. The van der Waals surface area contributed by atoms with Crippen LogP contribution < -0.4 is 0 Å². The van der Waals surface area contributed by atoms with Crippen LogP contribution in [0.15, 0.2) is 48.8 Å². The third-order valence-corrected chi connectivity index (χ3v) is 6.57. The summed E-state index contributed by atoms with van der Waals surface area (Å²) in [6.07, 6.45) is 5.35. The molecule has 2 aliphatic rings. The average Bonchev–Trinajstić information content (AvgIpc) is 3.16. The van der Waals surface area contributed by atoms with Gasteiger partial charge in [0.05, 0.1) is 24.3 Å². The second-order valence-electron chi connectivity index (χ2n) is 8.66. The monoisotopic (exact) mass is 438 g/mol. The fourth-order valence-corrected chi connectivity index (χ4v) is 4.88. The highest BCUT2D eigenvalue weighted by molar-refractivity contribution is 5.88. The summed E-state index contributed by atoms with van der Waals surface area (Å²) in [6, 6.07) is 10.4. The van der Waals surface area contributed by atoms with Gasteiger partial charge in [-0.25, -0.2) is 13.9 Å². The molecule has 1 aromatic carbocycles. The van der Waals surface area contributed by atoms with Gasteiger partial charge in [-0.15, -0.1) is 0 Å². The second-order valence-corrected chi connectivity index (χ2v) is 8.66. The zero-order valence-corrected chi connectivity index (χ0v) is 18.0. The molecule has 7 nitrogen and oxygen atoms in total. The standard InChI is InChI=1S/C24H27FN4O3/c25-20-3-1-2-19(15-20)24(6-11-31-12-7-24)23(30)28-10-13-32-17-18(16-28)14-21-4-5-22-26-8-9-29(22)27-21/h1-5,8-9,15,18H,6-7,10-14,16-17H2/t18-/m0/s1. The maximum atomic E-state index is 14.1. The van der Waals surface area contributed by atoms with E-state index in [0.29, 0.717) is 58.8 Å². The molecule has 0 N–H and O–H groups in total. The molecule has 4 heterocycles. The van der Waals surface area contributed by atoms with E-state index < -0.39 is 5.41 Å². The molecule has 0 radical (unpaired) electrons. The van der Waals surface area contributed by atoms with E-state index in [9.17, 15) is 9.18 Å². The predicted octanol–water partition coefficient (Wildman–Crippen LogP) is 2.63. The summed E-state index contributed by atoms with van der Waals surface area (Å²) in [6.45, 7) is 3.16. The third-order valence-electron chi connectivity index (χ3n) is 6.57. The van der Waals surface area contributed by atoms with Crippen molar-refractivity contribution in [3.8, 4) is 0 Å². The number of benzene rings is 1. The zero-order chi connectivity index (χ0) is 22.0. The van der Waals surface area contributed by atoms with Gasteiger partial charge in [-0.1, -0.05) is 12.1 Å². The van der Waals surface area contributed by atoms with E-state index in [1.54, 1.807) is 16.8 Å². The number of hydrogen-bond acceptors (Lipinski definition) is 5. The molecule has 0 unspecified atom stereocenters. The Balaban J connectivity index is 1.38. The summed E-state index contributed by atoms with van der Waals surface area (Å²) < 4.78 is 27.2. The first-order chi connectivity index (χ1) is 15.6. The van der Waals surface area contributed by atoms with Crippen LogP contribution in [0.1, 0.15) is 24.1 Å². The van der Waals surface area contributed by atoms with Crippen LogP contribution in [-0.2, 0) is 26.1 Å². The number of hydrogen-bond donors (Lipinski definition) is 0. The van der Waals surface area contributed by atoms with Gasteiger partial charge >= 0.3 is 0 Å². The highest BCUT2D eigenvalue weighted by Gasteiger charge is 2.44. The lowest BCUT2D eigenvalue weighted by Gasteiger charge is -2.40. The van der Waals surface area contributed by atoms with E-state index in [1.807, 2.05) is 29.3 Å². The van der Waals surface area contributed by atoms with Crippen molar-refractivity contribution in [1.82, 2.24) is 19.5 Å². The average molecular weight is 439 g/mol. The maximum absolute atomic E-state index is 14.1. The second kappa shape index (κ2) is 8.96. The first kappa shape index (κ1) is 21.0. The maximum Gasteiger partial charge on any atom is 0.233 e. The van der Waals surface area contributed by atoms with Crippen molar-refractivity contribution in [3.63, 3.8) is 0 Å². The number of carbonyl (C=O) groups excluding carboxylic acids is 1. The van der Waals surface area contributed by atoms with Crippen LogP contribution >= 0.6 is 0 Å². The molecule has 2 fully saturated rings. The lowest BCUT2D eigenvalue weighted by atomic mass is 9.72. The largest absolute Gasteiger partial charge is 0.381 e. The van der Waals surface area contributed by atoms with Crippen LogP contribution in [0.5, 0.6) is 0 Å². The van der Waals surface area contributed by atoms with E-state index >= 15 is 0 Å². The number of amides is 1. The van der Waals surface area contributed by atoms with Crippen LogP contribution in [0.25, 0.3) is 5.65 Å². The lowest BCUT2D eigenvalue weighted by Crippen LogP contribution is -2.51. The Labute approximate surface area is 186 Å². The molecule has 5 rings (SSSR count). The van der Waals surface area contributed by atoms with Crippen LogP contribution in [0.2, 0.25) is 0 Å². The van der Waals surface area contributed by atoms with Gasteiger partial charge in [0.25, 0.3) is 0 Å². The Bertz CT molecular complexity index is 1100. The summed E-state index contributed by atoms with van der Waals surface area (Å²) in [5.41, 5.74) is 1.71. The normalized spacial score (nSPS) is 21.4. The highest BCUT2D eigenvalue weighted by Crippen LogP contribution is 2.37. The summed E-state index contributed by atoms with van der Waals surface area (Å²) in [5, 5.41) is 4.63. The Morgan fingerprint density at radius 2 is 2.03 bits per heavy atom. The van der Waals surface area contributed by atoms with Crippen molar-refractivity contribution in [2.45, 2.75) is 24.7 Å². The summed E-state index contributed by atoms with van der Waals surface area (Å²) in [4.78, 5) is 20.1. The smallest absolute Gasteiger partial charge is 0.233 e. The van der Waals surface area contributed by atoms with E-state index in [0.717, 1.165) is 16.9 Å². The minimum Gasteiger partial charge on any atom is -0.381 e. The van der Waals surface area contributed by atoms with Gasteiger partial charge in [0.1, 0.15) is 5.82 Å². The van der Waals surface area contributed by atoms with Gasteiger partial charge in [-0.2, -0.15) is 5.10 Å². The number of rotatable bonds is 4. The Morgan fingerprint density at radius 3 is 2.88 bits per heavy atom. The molecule has 1 amide bonds. The molecule has 1 atom stereocenters. The zero-order valence-electron chi connectivity index (χ0n) is 18.0. The molecule has 0 saturated carbocycles. The molecule has 2 aliphatic heterocycles.